The lowest BCUT2D eigenvalue weighted by Gasteiger charge is -2.56. The summed E-state index contributed by atoms with van der Waals surface area (Å²) < 4.78 is 0. The standard InChI is InChI=1S/C25H35BrO2/c1-24-11-9-19-18-10-13-25(28,12-8-16-2-3-16)14-17(18)4-5-20(19)21(24)6-7-22(24)23(27)15-26/h16-22,28H,2-7,9-11,13-15H2,1H3. The molecule has 154 valence electrons. The van der Waals surface area contributed by atoms with Crippen molar-refractivity contribution in [3.63, 3.8) is 0 Å². The molecule has 8 unspecified atom stereocenters. The third-order valence-corrected chi connectivity index (χ3v) is 10.2. The highest BCUT2D eigenvalue weighted by molar-refractivity contribution is 9.09. The Morgan fingerprint density at radius 2 is 1.79 bits per heavy atom. The van der Waals surface area contributed by atoms with Crippen LogP contribution in [0, 0.1) is 58.7 Å². The van der Waals surface area contributed by atoms with E-state index in [1.54, 1.807) is 0 Å². The summed E-state index contributed by atoms with van der Waals surface area (Å²) in [5.41, 5.74) is -0.468. The van der Waals surface area contributed by atoms with E-state index < -0.39 is 5.60 Å². The maximum atomic E-state index is 12.6. The third kappa shape index (κ3) is 3.22. The van der Waals surface area contributed by atoms with Crippen molar-refractivity contribution in [2.45, 2.75) is 83.2 Å². The molecule has 0 heterocycles. The van der Waals surface area contributed by atoms with Crippen molar-refractivity contribution in [1.29, 1.82) is 0 Å². The first-order valence-electron chi connectivity index (χ1n) is 11.8. The number of rotatable bonds is 2. The van der Waals surface area contributed by atoms with Gasteiger partial charge in [0.2, 0.25) is 0 Å². The Bertz CT molecular complexity index is 703. The minimum Gasteiger partial charge on any atom is -0.378 e. The van der Waals surface area contributed by atoms with Gasteiger partial charge in [-0.3, -0.25) is 4.79 Å². The Hall–Kier alpha value is -0.330. The van der Waals surface area contributed by atoms with Crippen molar-refractivity contribution in [2.75, 3.05) is 5.33 Å². The van der Waals surface area contributed by atoms with E-state index in [-0.39, 0.29) is 11.3 Å². The number of hydrogen-bond acceptors (Lipinski definition) is 2. The van der Waals surface area contributed by atoms with Gasteiger partial charge in [-0.2, -0.15) is 0 Å². The second kappa shape index (κ2) is 7.12. The van der Waals surface area contributed by atoms with Crippen molar-refractivity contribution in [2.24, 2.45) is 46.8 Å². The topological polar surface area (TPSA) is 37.3 Å². The van der Waals surface area contributed by atoms with Crippen LogP contribution in [0.1, 0.15) is 77.6 Å². The van der Waals surface area contributed by atoms with E-state index in [0.717, 1.165) is 49.4 Å². The highest BCUT2D eigenvalue weighted by atomic mass is 79.9. The number of ketones is 1. The van der Waals surface area contributed by atoms with Crippen LogP contribution in [0.4, 0.5) is 0 Å². The van der Waals surface area contributed by atoms with Crippen LogP contribution in [0.5, 0.6) is 0 Å². The average molecular weight is 447 g/mol. The quantitative estimate of drug-likeness (QED) is 0.457. The first-order valence-corrected chi connectivity index (χ1v) is 12.9. The first-order chi connectivity index (χ1) is 13.4. The highest BCUT2D eigenvalue weighted by Crippen LogP contribution is 2.64. The predicted octanol–water partition coefficient (Wildman–Crippen LogP) is 5.36. The summed E-state index contributed by atoms with van der Waals surface area (Å²) in [7, 11) is 0. The molecule has 0 aromatic heterocycles. The zero-order valence-electron chi connectivity index (χ0n) is 17.3. The molecule has 2 nitrogen and oxygen atoms in total. The number of carbonyl (C=O) groups excluding carboxylic acids is 1. The molecule has 0 aliphatic heterocycles. The number of aliphatic hydroxyl groups is 1. The fourth-order valence-corrected chi connectivity index (χ4v) is 8.47. The molecule has 0 saturated heterocycles. The van der Waals surface area contributed by atoms with E-state index in [2.05, 4.69) is 34.7 Å². The van der Waals surface area contributed by atoms with Crippen LogP contribution in [-0.4, -0.2) is 21.8 Å². The van der Waals surface area contributed by atoms with Gasteiger partial charge in [0.15, 0.2) is 0 Å². The monoisotopic (exact) mass is 446 g/mol. The van der Waals surface area contributed by atoms with E-state index in [1.807, 2.05) is 0 Å². The number of alkyl halides is 1. The van der Waals surface area contributed by atoms with Gasteiger partial charge in [-0.05, 0) is 106 Å². The predicted molar refractivity (Wildman–Crippen MR) is 115 cm³/mol. The van der Waals surface area contributed by atoms with Gasteiger partial charge in [0, 0.05) is 11.8 Å². The van der Waals surface area contributed by atoms with Crippen LogP contribution in [0.3, 0.4) is 0 Å². The lowest BCUT2D eigenvalue weighted by atomic mass is 9.49. The number of Topliss-reactive ketones (excluding diaryl/α,β-unsaturated/α-hetero) is 1. The van der Waals surface area contributed by atoms with Gasteiger partial charge in [-0.15, -0.1) is 0 Å². The minimum absolute atomic E-state index is 0.240. The SMILES string of the molecule is CC12CCC3C4CCC(O)(C#CC5CC5)CC4CCC3C1CCC2C(=O)CBr. The molecule has 8 atom stereocenters. The van der Waals surface area contributed by atoms with Crippen LogP contribution in [0.15, 0.2) is 0 Å². The average Bonchev–Trinajstić information content (AvgIpc) is 3.45. The van der Waals surface area contributed by atoms with E-state index >= 15 is 0 Å². The minimum atomic E-state index is -0.708. The Morgan fingerprint density at radius 3 is 2.54 bits per heavy atom. The second-order valence-corrected chi connectivity index (χ2v) is 11.6. The molecule has 0 aromatic carbocycles. The fraction of sp³-hybridized carbons (Fsp3) is 0.880. The molecule has 5 fully saturated rings. The molecule has 5 aliphatic carbocycles. The van der Waals surface area contributed by atoms with Gasteiger partial charge in [0.25, 0.3) is 0 Å². The molecule has 0 spiro atoms. The normalized spacial score (nSPS) is 50.0. The summed E-state index contributed by atoms with van der Waals surface area (Å²) in [4.78, 5) is 12.6. The Kier molecular flexibility index (Phi) is 4.99. The molecular formula is C25H35BrO2. The zero-order chi connectivity index (χ0) is 19.5. The van der Waals surface area contributed by atoms with Gasteiger partial charge >= 0.3 is 0 Å². The molecule has 3 heteroatoms. The number of fused-ring (bicyclic) bond motifs is 5. The summed E-state index contributed by atoms with van der Waals surface area (Å²) in [6.07, 6.45) is 12.9. The maximum absolute atomic E-state index is 12.6. The molecule has 0 amide bonds. The number of halogens is 1. The molecular weight excluding hydrogens is 412 g/mol. The Balaban J connectivity index is 1.31. The molecule has 1 N–H and O–H groups in total. The van der Waals surface area contributed by atoms with Crippen LogP contribution < -0.4 is 0 Å². The highest BCUT2D eigenvalue weighted by Gasteiger charge is 2.58. The maximum Gasteiger partial charge on any atom is 0.147 e. The van der Waals surface area contributed by atoms with E-state index in [4.69, 9.17) is 0 Å². The molecule has 5 saturated carbocycles. The smallest absolute Gasteiger partial charge is 0.147 e. The van der Waals surface area contributed by atoms with Crippen molar-refractivity contribution < 1.29 is 9.90 Å². The van der Waals surface area contributed by atoms with Crippen molar-refractivity contribution in [3.05, 3.63) is 0 Å². The van der Waals surface area contributed by atoms with Crippen LogP contribution in [-0.2, 0) is 4.79 Å². The van der Waals surface area contributed by atoms with Gasteiger partial charge in [-0.1, -0.05) is 34.7 Å². The lowest BCUT2D eigenvalue weighted by Crippen LogP contribution is -2.51. The molecule has 5 aliphatic rings. The van der Waals surface area contributed by atoms with Gasteiger partial charge in [-0.25, -0.2) is 0 Å². The van der Waals surface area contributed by atoms with Crippen LogP contribution in [0.25, 0.3) is 0 Å². The summed E-state index contributed by atoms with van der Waals surface area (Å²) in [6, 6.07) is 0. The molecule has 5 rings (SSSR count). The van der Waals surface area contributed by atoms with E-state index in [9.17, 15) is 9.90 Å². The van der Waals surface area contributed by atoms with Gasteiger partial charge in [0.1, 0.15) is 11.4 Å². The molecule has 0 bridgehead atoms. The van der Waals surface area contributed by atoms with Crippen molar-refractivity contribution in [1.82, 2.24) is 0 Å². The zero-order valence-corrected chi connectivity index (χ0v) is 18.8. The first kappa shape index (κ1) is 19.6. The molecule has 28 heavy (non-hydrogen) atoms. The number of hydrogen-bond donors (Lipinski definition) is 1. The summed E-state index contributed by atoms with van der Waals surface area (Å²) >= 11 is 3.43. The molecule has 0 radical (unpaired) electrons. The van der Waals surface area contributed by atoms with Crippen molar-refractivity contribution in [3.8, 4) is 11.8 Å². The summed E-state index contributed by atoms with van der Waals surface area (Å²) in [5, 5.41) is 11.6. The number of carbonyl (C=O) groups is 1. The second-order valence-electron chi connectivity index (χ2n) is 11.0. The van der Waals surface area contributed by atoms with E-state index in [1.165, 1.54) is 44.9 Å². The van der Waals surface area contributed by atoms with Crippen LogP contribution in [0.2, 0.25) is 0 Å². The Morgan fingerprint density at radius 1 is 1.00 bits per heavy atom. The summed E-state index contributed by atoms with van der Waals surface area (Å²) in [5.74, 6) is 11.8. The Labute approximate surface area is 178 Å². The van der Waals surface area contributed by atoms with Crippen LogP contribution >= 0.6 is 15.9 Å². The van der Waals surface area contributed by atoms with Gasteiger partial charge < -0.3 is 5.11 Å². The van der Waals surface area contributed by atoms with Gasteiger partial charge in [0.05, 0.1) is 5.33 Å². The van der Waals surface area contributed by atoms with Crippen molar-refractivity contribution >= 4 is 21.7 Å². The lowest BCUT2D eigenvalue weighted by molar-refractivity contribution is -0.129. The largest absolute Gasteiger partial charge is 0.378 e. The fourth-order valence-electron chi connectivity index (χ4n) is 8.08. The summed E-state index contributed by atoms with van der Waals surface area (Å²) in [6.45, 7) is 2.44. The van der Waals surface area contributed by atoms with E-state index in [0.29, 0.717) is 22.9 Å². The molecule has 0 aromatic rings. The third-order valence-electron chi connectivity index (χ3n) is 9.62.